The second-order valence-corrected chi connectivity index (χ2v) is 7.87. The van der Waals surface area contributed by atoms with E-state index >= 15 is 0 Å². The van der Waals surface area contributed by atoms with Gasteiger partial charge < -0.3 is 10.2 Å². The molecule has 1 N–H and O–H groups in total. The van der Waals surface area contributed by atoms with Gasteiger partial charge in [0.05, 0.1) is 23.8 Å². The molecular formula is C12H19N3O2S2. The van der Waals surface area contributed by atoms with Gasteiger partial charge in [0.15, 0.2) is 9.84 Å². The molecule has 106 valence electrons. The summed E-state index contributed by atoms with van der Waals surface area (Å²) >= 11 is 1.69. The first-order valence-corrected chi connectivity index (χ1v) is 9.35. The van der Waals surface area contributed by atoms with E-state index in [0.717, 1.165) is 30.2 Å². The summed E-state index contributed by atoms with van der Waals surface area (Å²) in [6, 6.07) is 1.96. The molecule has 1 saturated heterocycles. The number of hydrogen-bond acceptors (Lipinski definition) is 6. The van der Waals surface area contributed by atoms with E-state index in [1.807, 2.05) is 17.9 Å². The maximum absolute atomic E-state index is 11.9. The van der Waals surface area contributed by atoms with E-state index in [9.17, 15) is 8.42 Å². The van der Waals surface area contributed by atoms with Crippen LogP contribution in [0.3, 0.4) is 0 Å². The van der Waals surface area contributed by atoms with Gasteiger partial charge in [0, 0.05) is 30.9 Å². The molecule has 0 aromatic carbocycles. The molecule has 1 aromatic heterocycles. The molecule has 2 heterocycles. The quantitative estimate of drug-likeness (QED) is 0.908. The first-order valence-electron chi connectivity index (χ1n) is 6.24. The van der Waals surface area contributed by atoms with Gasteiger partial charge >= 0.3 is 0 Å². The number of aromatic nitrogens is 1. The summed E-state index contributed by atoms with van der Waals surface area (Å²) < 4.78 is 23.8. The fraction of sp³-hybridized carbons (Fsp3) is 0.583. The van der Waals surface area contributed by atoms with Crippen molar-refractivity contribution < 1.29 is 8.42 Å². The summed E-state index contributed by atoms with van der Waals surface area (Å²) in [6.07, 6.45) is 4.79. The van der Waals surface area contributed by atoms with Crippen LogP contribution in [0.15, 0.2) is 18.5 Å². The third kappa shape index (κ3) is 3.54. The van der Waals surface area contributed by atoms with E-state index in [1.54, 1.807) is 24.2 Å². The van der Waals surface area contributed by atoms with Crippen molar-refractivity contribution in [3.63, 3.8) is 0 Å². The zero-order chi connectivity index (χ0) is 13.9. The highest BCUT2D eigenvalue weighted by molar-refractivity contribution is 8.01. The minimum absolute atomic E-state index is 0.454. The summed E-state index contributed by atoms with van der Waals surface area (Å²) in [5.41, 5.74) is 1.79. The van der Waals surface area contributed by atoms with Crippen molar-refractivity contribution in [2.24, 2.45) is 0 Å². The molecule has 7 heteroatoms. The Balaban J connectivity index is 2.29. The fourth-order valence-corrected chi connectivity index (χ4v) is 4.96. The molecule has 0 bridgehead atoms. The first-order chi connectivity index (χ1) is 9.02. The highest BCUT2D eigenvalue weighted by Gasteiger charge is 2.31. The average Bonchev–Trinajstić information content (AvgIpc) is 2.38. The van der Waals surface area contributed by atoms with E-state index < -0.39 is 15.2 Å². The first kappa shape index (κ1) is 14.5. The predicted molar refractivity (Wildman–Crippen MR) is 81.7 cm³/mol. The monoisotopic (exact) mass is 301 g/mol. The van der Waals surface area contributed by atoms with Crippen molar-refractivity contribution in [2.45, 2.75) is 12.3 Å². The van der Waals surface area contributed by atoms with Crippen LogP contribution in [0.1, 0.15) is 6.92 Å². The van der Waals surface area contributed by atoms with Gasteiger partial charge in [0.1, 0.15) is 5.37 Å². The van der Waals surface area contributed by atoms with Crippen LogP contribution >= 0.6 is 11.8 Å². The molecule has 1 atom stereocenters. The number of nitrogens with one attached hydrogen (secondary N) is 1. The summed E-state index contributed by atoms with van der Waals surface area (Å²) in [5.74, 6) is 1.56. The molecule has 1 aliphatic heterocycles. The third-order valence-electron chi connectivity index (χ3n) is 3.02. The summed E-state index contributed by atoms with van der Waals surface area (Å²) in [5, 5.41) is 2.74. The Morgan fingerprint density at radius 3 is 3.00 bits per heavy atom. The van der Waals surface area contributed by atoms with E-state index in [2.05, 4.69) is 10.3 Å². The van der Waals surface area contributed by atoms with Crippen molar-refractivity contribution in [1.82, 2.24) is 4.98 Å². The minimum atomic E-state index is -3.09. The Morgan fingerprint density at radius 1 is 1.53 bits per heavy atom. The van der Waals surface area contributed by atoms with Crippen LogP contribution in [0.2, 0.25) is 0 Å². The number of nitrogens with zero attached hydrogens (tertiary/aromatic N) is 2. The third-order valence-corrected chi connectivity index (χ3v) is 5.66. The zero-order valence-electron chi connectivity index (χ0n) is 11.2. The lowest BCUT2D eigenvalue weighted by Gasteiger charge is -2.35. The van der Waals surface area contributed by atoms with Crippen LogP contribution in [0.25, 0.3) is 0 Å². The molecule has 0 aliphatic carbocycles. The molecule has 0 spiro atoms. The SMILES string of the molecule is CCNc1cncc(N2CCSCC2S(C)(=O)=O)c1. The maximum atomic E-state index is 11.9. The van der Waals surface area contributed by atoms with Crippen LogP contribution in [0, 0.1) is 0 Å². The molecule has 1 fully saturated rings. The van der Waals surface area contributed by atoms with Gasteiger partial charge in [-0.3, -0.25) is 4.98 Å². The number of rotatable bonds is 4. The topological polar surface area (TPSA) is 62.3 Å². The molecule has 0 amide bonds. The summed E-state index contributed by atoms with van der Waals surface area (Å²) in [6.45, 7) is 3.57. The largest absolute Gasteiger partial charge is 0.384 e. The number of anilines is 2. The van der Waals surface area contributed by atoms with Crippen LogP contribution < -0.4 is 10.2 Å². The minimum Gasteiger partial charge on any atom is -0.384 e. The van der Waals surface area contributed by atoms with Gasteiger partial charge in [-0.2, -0.15) is 11.8 Å². The normalized spacial score (nSPS) is 20.3. The highest BCUT2D eigenvalue weighted by Crippen LogP contribution is 2.27. The Labute approximate surface area is 118 Å². The maximum Gasteiger partial charge on any atom is 0.169 e. The molecule has 1 aliphatic rings. The van der Waals surface area contributed by atoms with E-state index in [4.69, 9.17) is 0 Å². The van der Waals surface area contributed by atoms with Crippen molar-refractivity contribution in [2.75, 3.05) is 41.1 Å². The molecule has 1 unspecified atom stereocenters. The average molecular weight is 301 g/mol. The lowest BCUT2D eigenvalue weighted by Crippen LogP contribution is -2.47. The highest BCUT2D eigenvalue weighted by atomic mass is 32.2. The van der Waals surface area contributed by atoms with Gasteiger partial charge in [0.25, 0.3) is 0 Å². The van der Waals surface area contributed by atoms with Crippen molar-refractivity contribution in [1.29, 1.82) is 0 Å². The van der Waals surface area contributed by atoms with Crippen LogP contribution in [0.5, 0.6) is 0 Å². The van der Waals surface area contributed by atoms with E-state index in [1.165, 1.54) is 6.26 Å². The molecule has 19 heavy (non-hydrogen) atoms. The molecular weight excluding hydrogens is 282 g/mol. The standard InChI is InChI=1S/C12H19N3O2S2/c1-3-14-10-6-11(8-13-7-10)15-4-5-18-9-12(15)19(2,16)17/h6-8,12,14H,3-5,9H2,1-2H3. The Morgan fingerprint density at radius 2 is 2.32 bits per heavy atom. The number of pyridine rings is 1. The summed E-state index contributed by atoms with van der Waals surface area (Å²) in [4.78, 5) is 6.13. The number of thioether (sulfide) groups is 1. The second-order valence-electron chi connectivity index (χ2n) is 4.51. The lowest BCUT2D eigenvalue weighted by molar-refractivity contribution is 0.584. The molecule has 5 nitrogen and oxygen atoms in total. The fourth-order valence-electron chi connectivity index (χ4n) is 2.12. The Bertz CT molecular complexity index is 534. The van der Waals surface area contributed by atoms with E-state index in [0.29, 0.717) is 5.75 Å². The molecule has 2 rings (SSSR count). The molecule has 1 aromatic rings. The van der Waals surface area contributed by atoms with Gasteiger partial charge in [-0.1, -0.05) is 0 Å². The summed E-state index contributed by atoms with van der Waals surface area (Å²) in [7, 11) is -3.09. The van der Waals surface area contributed by atoms with Gasteiger partial charge in [-0.25, -0.2) is 8.42 Å². The van der Waals surface area contributed by atoms with Crippen molar-refractivity contribution >= 4 is 33.0 Å². The zero-order valence-corrected chi connectivity index (χ0v) is 12.8. The Hall–Kier alpha value is -0.950. The van der Waals surface area contributed by atoms with Crippen LogP contribution in [-0.2, 0) is 9.84 Å². The number of hydrogen-bond donors (Lipinski definition) is 1. The van der Waals surface area contributed by atoms with Gasteiger partial charge in [-0.15, -0.1) is 0 Å². The lowest BCUT2D eigenvalue weighted by atomic mass is 10.3. The molecule has 0 saturated carbocycles. The Kier molecular flexibility index (Phi) is 4.57. The van der Waals surface area contributed by atoms with Crippen LogP contribution in [0.4, 0.5) is 11.4 Å². The molecule has 0 radical (unpaired) electrons. The smallest absolute Gasteiger partial charge is 0.169 e. The predicted octanol–water partition coefficient (Wildman–Crippen LogP) is 1.44. The van der Waals surface area contributed by atoms with Gasteiger partial charge in [0.2, 0.25) is 0 Å². The van der Waals surface area contributed by atoms with Crippen molar-refractivity contribution in [3.05, 3.63) is 18.5 Å². The number of sulfone groups is 1. The van der Waals surface area contributed by atoms with E-state index in [-0.39, 0.29) is 0 Å². The second kappa shape index (κ2) is 6.00. The van der Waals surface area contributed by atoms with Crippen molar-refractivity contribution in [3.8, 4) is 0 Å². The van der Waals surface area contributed by atoms with Gasteiger partial charge in [-0.05, 0) is 13.0 Å². The van der Waals surface area contributed by atoms with Crippen LogP contribution in [-0.4, -0.2) is 49.6 Å².